The predicted octanol–water partition coefficient (Wildman–Crippen LogP) is 5.91. The van der Waals surface area contributed by atoms with Crippen molar-refractivity contribution in [2.24, 2.45) is 5.10 Å². The number of amides is 1. The topological polar surface area (TPSA) is 121 Å². The second-order valence-electron chi connectivity index (χ2n) is 9.60. The first-order chi connectivity index (χ1) is 19.8. The zero-order chi connectivity index (χ0) is 29.1. The van der Waals surface area contributed by atoms with Gasteiger partial charge in [0.05, 0.1) is 31.5 Å². The van der Waals surface area contributed by atoms with Gasteiger partial charge in [0.25, 0.3) is 5.56 Å². The average molecular weight is 618 g/mol. The number of hydrogen-bond acceptors (Lipinski definition) is 6. The van der Waals surface area contributed by atoms with Crippen LogP contribution in [0.2, 0.25) is 0 Å². The number of aromatic nitrogens is 1. The maximum absolute atomic E-state index is 13.7. The summed E-state index contributed by atoms with van der Waals surface area (Å²) in [6.07, 6.45) is 0.243. The van der Waals surface area contributed by atoms with Gasteiger partial charge in [0.15, 0.2) is 11.5 Å². The van der Waals surface area contributed by atoms with Gasteiger partial charge in [-0.15, -0.1) is 0 Å². The molecule has 3 aromatic carbocycles. The van der Waals surface area contributed by atoms with Gasteiger partial charge in [0.1, 0.15) is 0 Å². The molecule has 2 heterocycles. The van der Waals surface area contributed by atoms with Crippen molar-refractivity contribution in [3.63, 3.8) is 0 Å². The molecule has 1 aromatic heterocycles. The van der Waals surface area contributed by atoms with Crippen molar-refractivity contribution in [1.82, 2.24) is 9.99 Å². The Labute approximate surface area is 244 Å². The van der Waals surface area contributed by atoms with Crippen LogP contribution >= 0.6 is 15.9 Å². The van der Waals surface area contributed by atoms with Crippen LogP contribution in [0.25, 0.3) is 22.0 Å². The summed E-state index contributed by atoms with van der Waals surface area (Å²) < 4.78 is 12.0. The minimum Gasteiger partial charge on any atom is -0.493 e. The summed E-state index contributed by atoms with van der Waals surface area (Å²) in [4.78, 5) is 41.3. The molecule has 1 aliphatic rings. The third-order valence-corrected chi connectivity index (χ3v) is 7.56. The second-order valence-corrected chi connectivity index (χ2v) is 10.5. The number of pyridine rings is 1. The zero-order valence-electron chi connectivity index (χ0n) is 22.5. The first-order valence-electron chi connectivity index (χ1n) is 13.1. The molecule has 0 aliphatic carbocycles. The molecule has 0 spiro atoms. The van der Waals surface area contributed by atoms with Crippen molar-refractivity contribution in [1.29, 1.82) is 0 Å². The van der Waals surface area contributed by atoms with E-state index in [9.17, 15) is 14.4 Å². The standard InChI is InChI=1S/C31H28BrN3O6/c1-40-25-11-6-10-20(30(25)41-2)24-17-23(34-35(24)26(36)12-7-13-27(37)38)29-28(18-8-4-3-5-9-18)21-16-19(32)14-15-22(21)33-31(29)39/h3-6,8-11,14-16,24H,7,12-13,17H2,1-2H3,(H,33,39)(H,37,38)/t24-/m1/s1. The number of hydrazone groups is 1. The Kier molecular flexibility index (Phi) is 8.21. The van der Waals surface area contributed by atoms with Gasteiger partial charge in [0, 0.05) is 45.8 Å². The van der Waals surface area contributed by atoms with Crippen molar-refractivity contribution < 1.29 is 24.2 Å². The number of methoxy groups -OCH3 is 2. The number of hydrogen-bond donors (Lipinski definition) is 2. The van der Waals surface area contributed by atoms with Crippen LogP contribution < -0.4 is 15.0 Å². The number of para-hydroxylation sites is 1. The van der Waals surface area contributed by atoms with Crippen LogP contribution in [0.15, 0.2) is 81.1 Å². The number of halogens is 1. The fourth-order valence-electron chi connectivity index (χ4n) is 5.26. The number of aromatic amines is 1. The molecular weight excluding hydrogens is 590 g/mol. The predicted molar refractivity (Wildman–Crippen MR) is 159 cm³/mol. The largest absolute Gasteiger partial charge is 0.493 e. The highest BCUT2D eigenvalue weighted by Gasteiger charge is 2.37. The molecule has 4 aromatic rings. The Balaban J connectivity index is 1.69. The van der Waals surface area contributed by atoms with E-state index in [4.69, 9.17) is 19.7 Å². The molecule has 5 rings (SSSR count). The van der Waals surface area contributed by atoms with Crippen molar-refractivity contribution in [2.45, 2.75) is 31.7 Å². The van der Waals surface area contributed by atoms with E-state index in [0.29, 0.717) is 39.4 Å². The molecule has 2 N–H and O–H groups in total. The van der Waals surface area contributed by atoms with Crippen molar-refractivity contribution in [2.75, 3.05) is 14.2 Å². The van der Waals surface area contributed by atoms with Crippen molar-refractivity contribution in [3.05, 3.63) is 92.7 Å². The lowest BCUT2D eigenvalue weighted by atomic mass is 9.90. The van der Waals surface area contributed by atoms with Gasteiger partial charge >= 0.3 is 5.97 Å². The number of ether oxygens (including phenoxy) is 2. The maximum atomic E-state index is 13.7. The summed E-state index contributed by atoms with van der Waals surface area (Å²) in [5.41, 5.74) is 3.37. The van der Waals surface area contributed by atoms with Gasteiger partial charge in [-0.3, -0.25) is 14.4 Å². The number of fused-ring (bicyclic) bond motifs is 1. The number of nitrogens with one attached hydrogen (secondary N) is 1. The van der Waals surface area contributed by atoms with Crippen LogP contribution in [0.5, 0.6) is 11.5 Å². The number of benzene rings is 3. The van der Waals surface area contributed by atoms with E-state index in [1.807, 2.05) is 54.6 Å². The van der Waals surface area contributed by atoms with E-state index in [0.717, 1.165) is 15.4 Å². The maximum Gasteiger partial charge on any atom is 0.303 e. The average Bonchev–Trinajstić information content (AvgIpc) is 3.41. The smallest absolute Gasteiger partial charge is 0.303 e. The van der Waals surface area contributed by atoms with Gasteiger partial charge < -0.3 is 19.6 Å². The van der Waals surface area contributed by atoms with Crippen LogP contribution in [-0.4, -0.2) is 46.9 Å². The summed E-state index contributed by atoms with van der Waals surface area (Å²) in [5, 5.41) is 16.0. The molecule has 41 heavy (non-hydrogen) atoms. The zero-order valence-corrected chi connectivity index (χ0v) is 24.1. The van der Waals surface area contributed by atoms with E-state index in [2.05, 4.69) is 20.9 Å². The van der Waals surface area contributed by atoms with Crippen molar-refractivity contribution >= 4 is 44.4 Å². The van der Waals surface area contributed by atoms with E-state index in [-0.39, 0.29) is 37.1 Å². The fourth-order valence-corrected chi connectivity index (χ4v) is 5.62. The third-order valence-electron chi connectivity index (χ3n) is 7.07. The Hall–Kier alpha value is -4.44. The first-order valence-corrected chi connectivity index (χ1v) is 13.8. The highest BCUT2D eigenvalue weighted by Crippen LogP contribution is 2.43. The quantitative estimate of drug-likeness (QED) is 0.241. The van der Waals surface area contributed by atoms with Crippen molar-refractivity contribution in [3.8, 4) is 22.6 Å². The molecule has 0 saturated carbocycles. The van der Waals surface area contributed by atoms with Gasteiger partial charge in [-0.25, -0.2) is 5.01 Å². The number of carbonyl (C=O) groups is 2. The lowest BCUT2D eigenvalue weighted by Crippen LogP contribution is -2.27. The minimum absolute atomic E-state index is 0.0154. The van der Waals surface area contributed by atoms with E-state index >= 15 is 0 Å². The molecule has 210 valence electrons. The van der Waals surface area contributed by atoms with Crippen LogP contribution in [0.3, 0.4) is 0 Å². The Morgan fingerprint density at radius 2 is 1.80 bits per heavy atom. The molecule has 0 radical (unpaired) electrons. The Morgan fingerprint density at radius 1 is 1.02 bits per heavy atom. The highest BCUT2D eigenvalue weighted by atomic mass is 79.9. The monoisotopic (exact) mass is 617 g/mol. The number of aliphatic carboxylic acids is 1. The number of carboxylic acid groups (broad SMARTS) is 1. The van der Waals surface area contributed by atoms with Gasteiger partial charge in [-0.05, 0) is 36.2 Å². The summed E-state index contributed by atoms with van der Waals surface area (Å²) in [7, 11) is 3.06. The number of H-pyrrole nitrogens is 1. The number of carboxylic acids is 1. The first kappa shape index (κ1) is 28.1. The second kappa shape index (κ2) is 12.0. The molecule has 10 heteroatoms. The molecule has 0 saturated heterocycles. The van der Waals surface area contributed by atoms with E-state index in [1.54, 1.807) is 12.1 Å². The van der Waals surface area contributed by atoms with Crippen LogP contribution in [0.4, 0.5) is 0 Å². The summed E-state index contributed by atoms with van der Waals surface area (Å²) in [5.74, 6) is -0.373. The van der Waals surface area contributed by atoms with Gasteiger partial charge in [-0.1, -0.05) is 58.4 Å². The molecule has 9 nitrogen and oxygen atoms in total. The normalized spacial score (nSPS) is 14.7. The third kappa shape index (κ3) is 5.60. The molecule has 0 bridgehead atoms. The Bertz CT molecular complexity index is 1720. The van der Waals surface area contributed by atoms with Crippen LogP contribution in [0, 0.1) is 0 Å². The highest BCUT2D eigenvalue weighted by molar-refractivity contribution is 9.10. The fraction of sp³-hybridized carbons (Fsp3) is 0.226. The lowest BCUT2D eigenvalue weighted by Gasteiger charge is -2.24. The molecule has 1 amide bonds. The molecule has 1 atom stereocenters. The van der Waals surface area contributed by atoms with Crippen LogP contribution in [0.1, 0.15) is 42.9 Å². The number of rotatable bonds is 9. The molecule has 1 aliphatic heterocycles. The Morgan fingerprint density at radius 3 is 2.51 bits per heavy atom. The van der Waals surface area contributed by atoms with E-state index in [1.165, 1.54) is 19.2 Å². The van der Waals surface area contributed by atoms with Crippen LogP contribution in [-0.2, 0) is 9.59 Å². The number of carbonyl (C=O) groups excluding carboxylic acids is 1. The van der Waals surface area contributed by atoms with Gasteiger partial charge in [0.2, 0.25) is 5.91 Å². The SMILES string of the molecule is COc1cccc([C@H]2CC(c3c(-c4ccccc4)c4cc(Br)ccc4[nH]c3=O)=NN2C(=O)CCCC(=O)O)c1OC. The van der Waals surface area contributed by atoms with E-state index < -0.39 is 12.0 Å². The summed E-state index contributed by atoms with van der Waals surface area (Å²) in [6.45, 7) is 0. The molecule has 0 unspecified atom stereocenters. The molecular formula is C31H28BrN3O6. The summed E-state index contributed by atoms with van der Waals surface area (Å²) in [6, 6.07) is 20.0. The molecule has 0 fully saturated rings. The number of nitrogens with zero attached hydrogens (tertiary/aromatic N) is 2. The summed E-state index contributed by atoms with van der Waals surface area (Å²) >= 11 is 3.56. The minimum atomic E-state index is -0.976. The van der Waals surface area contributed by atoms with Gasteiger partial charge in [-0.2, -0.15) is 5.10 Å². The lowest BCUT2D eigenvalue weighted by molar-refractivity contribution is -0.137.